The number of benzene rings is 1. The van der Waals surface area contributed by atoms with E-state index in [4.69, 9.17) is 9.84 Å². The summed E-state index contributed by atoms with van der Waals surface area (Å²) < 4.78 is 5.54. The van der Waals surface area contributed by atoms with E-state index in [2.05, 4.69) is 15.3 Å². The number of hydrogen-bond donors (Lipinski definition) is 2. The Balaban J connectivity index is 2.14. The third kappa shape index (κ3) is 3.44. The molecule has 20 heavy (non-hydrogen) atoms. The van der Waals surface area contributed by atoms with Gasteiger partial charge in [-0.15, -0.1) is 0 Å². The molecule has 0 saturated heterocycles. The van der Waals surface area contributed by atoms with Gasteiger partial charge in [0.25, 0.3) is 0 Å². The Bertz CT molecular complexity index is 612. The topological polar surface area (TPSA) is 84.3 Å². The van der Waals surface area contributed by atoms with Gasteiger partial charge in [0, 0.05) is 13.1 Å². The predicted octanol–water partition coefficient (Wildman–Crippen LogP) is 2.10. The molecule has 0 amide bonds. The summed E-state index contributed by atoms with van der Waals surface area (Å²) in [5.41, 5.74) is 1.07. The van der Waals surface area contributed by atoms with Crippen LogP contribution in [0.1, 0.15) is 21.9 Å². The zero-order chi connectivity index (χ0) is 14.5. The summed E-state index contributed by atoms with van der Waals surface area (Å²) in [5, 5.41) is 11.8. The van der Waals surface area contributed by atoms with Crippen molar-refractivity contribution < 1.29 is 14.6 Å². The van der Waals surface area contributed by atoms with Crippen LogP contribution in [-0.2, 0) is 6.61 Å². The fraction of sp³-hybridized carbons (Fsp3) is 0.214. The molecular weight excluding hydrogens is 258 g/mol. The van der Waals surface area contributed by atoms with E-state index >= 15 is 0 Å². The minimum Gasteiger partial charge on any atom is -0.486 e. The first kappa shape index (κ1) is 13.8. The van der Waals surface area contributed by atoms with Gasteiger partial charge < -0.3 is 15.2 Å². The highest BCUT2D eigenvalue weighted by atomic mass is 16.5. The van der Waals surface area contributed by atoms with Crippen LogP contribution in [0.25, 0.3) is 0 Å². The Morgan fingerprint density at radius 2 is 2.00 bits per heavy atom. The van der Waals surface area contributed by atoms with Gasteiger partial charge in [-0.2, -0.15) is 0 Å². The molecule has 0 aliphatic rings. The molecule has 2 N–H and O–H groups in total. The van der Waals surface area contributed by atoms with Crippen molar-refractivity contribution in [1.29, 1.82) is 0 Å². The van der Waals surface area contributed by atoms with Gasteiger partial charge in [0.1, 0.15) is 18.2 Å². The van der Waals surface area contributed by atoms with Crippen molar-refractivity contribution in [1.82, 2.24) is 9.97 Å². The molecule has 6 heteroatoms. The Morgan fingerprint density at radius 1 is 1.30 bits per heavy atom. The van der Waals surface area contributed by atoms with Crippen LogP contribution in [0.2, 0.25) is 0 Å². The lowest BCUT2D eigenvalue weighted by Crippen LogP contribution is -2.10. The molecule has 0 spiro atoms. The van der Waals surface area contributed by atoms with Gasteiger partial charge in [-0.25, -0.2) is 14.8 Å². The predicted molar refractivity (Wildman–Crippen MR) is 74.0 cm³/mol. The SMILES string of the molecule is CNc1cc(C(=O)O)nc(COc2ccc(C)cc2)n1. The highest BCUT2D eigenvalue weighted by Crippen LogP contribution is 2.14. The molecule has 0 saturated carbocycles. The van der Waals surface area contributed by atoms with Crippen molar-refractivity contribution in [2.24, 2.45) is 0 Å². The van der Waals surface area contributed by atoms with Gasteiger partial charge in [0.05, 0.1) is 0 Å². The minimum atomic E-state index is -1.10. The maximum atomic E-state index is 11.0. The Labute approximate surface area is 116 Å². The van der Waals surface area contributed by atoms with E-state index in [1.54, 1.807) is 7.05 Å². The summed E-state index contributed by atoms with van der Waals surface area (Å²) in [6.45, 7) is 2.10. The largest absolute Gasteiger partial charge is 0.486 e. The molecule has 0 radical (unpaired) electrons. The summed E-state index contributed by atoms with van der Waals surface area (Å²) in [5.74, 6) is 0.348. The molecular formula is C14H15N3O3. The van der Waals surface area contributed by atoms with Gasteiger partial charge in [0.2, 0.25) is 0 Å². The molecule has 0 bridgehead atoms. The second-order valence-electron chi connectivity index (χ2n) is 4.21. The number of carboxylic acid groups (broad SMARTS) is 1. The normalized spacial score (nSPS) is 10.1. The fourth-order valence-electron chi connectivity index (χ4n) is 1.58. The molecule has 1 heterocycles. The molecule has 0 atom stereocenters. The number of nitrogens with one attached hydrogen (secondary N) is 1. The van der Waals surface area contributed by atoms with E-state index in [0.29, 0.717) is 17.4 Å². The number of carboxylic acids is 1. The number of anilines is 1. The first-order valence-corrected chi connectivity index (χ1v) is 6.07. The maximum absolute atomic E-state index is 11.0. The highest BCUT2D eigenvalue weighted by Gasteiger charge is 2.10. The van der Waals surface area contributed by atoms with Crippen molar-refractivity contribution >= 4 is 11.8 Å². The molecule has 0 aliphatic carbocycles. The number of aromatic nitrogens is 2. The van der Waals surface area contributed by atoms with E-state index in [1.165, 1.54) is 6.07 Å². The number of ether oxygens (including phenoxy) is 1. The molecule has 0 aliphatic heterocycles. The molecule has 2 aromatic rings. The molecule has 1 aromatic carbocycles. The van der Waals surface area contributed by atoms with Gasteiger partial charge >= 0.3 is 5.97 Å². The van der Waals surface area contributed by atoms with Crippen molar-refractivity contribution in [3.05, 3.63) is 47.4 Å². The van der Waals surface area contributed by atoms with Crippen LogP contribution in [0, 0.1) is 6.92 Å². The molecule has 1 aromatic heterocycles. The Morgan fingerprint density at radius 3 is 2.60 bits per heavy atom. The first-order valence-electron chi connectivity index (χ1n) is 6.07. The van der Waals surface area contributed by atoms with E-state index in [1.807, 2.05) is 31.2 Å². The average Bonchev–Trinajstić information content (AvgIpc) is 2.46. The first-order chi connectivity index (χ1) is 9.58. The highest BCUT2D eigenvalue weighted by molar-refractivity contribution is 5.86. The zero-order valence-electron chi connectivity index (χ0n) is 11.3. The Kier molecular flexibility index (Phi) is 4.14. The summed E-state index contributed by atoms with van der Waals surface area (Å²) in [6, 6.07) is 8.92. The lowest BCUT2D eigenvalue weighted by atomic mass is 10.2. The van der Waals surface area contributed by atoms with Crippen molar-refractivity contribution in [2.75, 3.05) is 12.4 Å². The van der Waals surface area contributed by atoms with Crippen molar-refractivity contribution in [3.8, 4) is 5.75 Å². The fourth-order valence-corrected chi connectivity index (χ4v) is 1.58. The third-order valence-electron chi connectivity index (χ3n) is 2.64. The lowest BCUT2D eigenvalue weighted by molar-refractivity contribution is 0.0689. The number of nitrogens with zero attached hydrogens (tertiary/aromatic N) is 2. The van der Waals surface area contributed by atoms with Crippen LogP contribution in [0.5, 0.6) is 5.75 Å². The lowest BCUT2D eigenvalue weighted by Gasteiger charge is -2.08. The van der Waals surface area contributed by atoms with Gasteiger partial charge in [0.15, 0.2) is 11.5 Å². The quantitative estimate of drug-likeness (QED) is 0.868. The summed E-state index contributed by atoms with van der Waals surface area (Å²) in [7, 11) is 1.67. The average molecular weight is 273 g/mol. The zero-order valence-corrected chi connectivity index (χ0v) is 11.3. The maximum Gasteiger partial charge on any atom is 0.354 e. The van der Waals surface area contributed by atoms with E-state index in [0.717, 1.165) is 5.56 Å². The van der Waals surface area contributed by atoms with Crippen LogP contribution in [-0.4, -0.2) is 28.1 Å². The second kappa shape index (κ2) is 6.01. The summed E-state index contributed by atoms with van der Waals surface area (Å²) in [6.07, 6.45) is 0. The minimum absolute atomic E-state index is 0.0631. The van der Waals surface area contributed by atoms with Crippen molar-refractivity contribution in [2.45, 2.75) is 13.5 Å². The molecule has 0 unspecified atom stereocenters. The molecule has 6 nitrogen and oxygen atoms in total. The van der Waals surface area contributed by atoms with Crippen LogP contribution in [0.15, 0.2) is 30.3 Å². The second-order valence-corrected chi connectivity index (χ2v) is 4.21. The third-order valence-corrected chi connectivity index (χ3v) is 2.64. The number of aryl methyl sites for hydroxylation is 1. The van der Waals surface area contributed by atoms with Gasteiger partial charge in [-0.1, -0.05) is 17.7 Å². The van der Waals surface area contributed by atoms with Crippen LogP contribution >= 0.6 is 0 Å². The molecule has 2 rings (SSSR count). The summed E-state index contributed by atoms with van der Waals surface area (Å²) >= 11 is 0. The molecule has 104 valence electrons. The van der Waals surface area contributed by atoms with E-state index < -0.39 is 5.97 Å². The number of hydrogen-bond acceptors (Lipinski definition) is 5. The Hall–Kier alpha value is -2.63. The number of carbonyl (C=O) groups is 1. The molecule has 0 fully saturated rings. The summed E-state index contributed by atoms with van der Waals surface area (Å²) in [4.78, 5) is 19.1. The van der Waals surface area contributed by atoms with Crippen LogP contribution < -0.4 is 10.1 Å². The van der Waals surface area contributed by atoms with E-state index in [9.17, 15) is 4.79 Å². The van der Waals surface area contributed by atoms with Gasteiger partial charge in [-0.05, 0) is 19.1 Å². The number of rotatable bonds is 5. The van der Waals surface area contributed by atoms with E-state index in [-0.39, 0.29) is 12.3 Å². The number of aromatic carboxylic acids is 1. The van der Waals surface area contributed by atoms with Crippen LogP contribution in [0.4, 0.5) is 5.82 Å². The standard InChI is InChI=1S/C14H15N3O3/c1-9-3-5-10(6-4-9)20-8-13-16-11(14(18)19)7-12(15-2)17-13/h3-7H,8H2,1-2H3,(H,18,19)(H,15,16,17). The smallest absolute Gasteiger partial charge is 0.354 e. The van der Waals surface area contributed by atoms with Crippen molar-refractivity contribution in [3.63, 3.8) is 0 Å². The van der Waals surface area contributed by atoms with Gasteiger partial charge in [-0.3, -0.25) is 0 Å². The van der Waals surface area contributed by atoms with Crippen LogP contribution in [0.3, 0.4) is 0 Å². The monoisotopic (exact) mass is 273 g/mol.